The van der Waals surface area contributed by atoms with Gasteiger partial charge in [-0.25, -0.2) is 4.39 Å². The number of likely N-dealkylation sites (N-methyl/N-ethyl adjacent to an activating group) is 1. The van der Waals surface area contributed by atoms with E-state index >= 15 is 0 Å². The summed E-state index contributed by atoms with van der Waals surface area (Å²) in [4.78, 5) is 26.0. The number of fused-ring (bicyclic) bond motifs is 1. The fourth-order valence-corrected chi connectivity index (χ4v) is 5.13. The molecule has 6 heteroatoms. The first-order valence-corrected chi connectivity index (χ1v) is 12.4. The molecule has 1 fully saturated rings. The topological polar surface area (TPSA) is 67.4 Å². The number of ether oxygens (including phenoxy) is 1. The molecule has 2 atom stereocenters. The lowest BCUT2D eigenvalue weighted by molar-refractivity contribution is -0.123. The maximum atomic E-state index is 13.5. The van der Waals surface area contributed by atoms with Crippen molar-refractivity contribution in [3.63, 3.8) is 0 Å². The summed E-state index contributed by atoms with van der Waals surface area (Å²) < 4.78 is 19.7. The van der Waals surface area contributed by atoms with Crippen molar-refractivity contribution in [3.05, 3.63) is 88.7 Å². The van der Waals surface area contributed by atoms with Gasteiger partial charge in [0.15, 0.2) is 0 Å². The number of hydrogen-bond donors (Lipinski definition) is 2. The molecular formula is C30H31FN2O3. The van der Waals surface area contributed by atoms with Gasteiger partial charge in [0.25, 0.3) is 5.91 Å². The molecule has 186 valence electrons. The molecule has 1 heterocycles. The molecule has 2 unspecified atom stereocenters. The lowest BCUT2D eigenvalue weighted by Crippen LogP contribution is -2.45. The van der Waals surface area contributed by atoms with Crippen LogP contribution in [-0.4, -0.2) is 24.4 Å². The van der Waals surface area contributed by atoms with Crippen LogP contribution in [0.2, 0.25) is 0 Å². The molecule has 2 N–H and O–H groups in total. The predicted molar refractivity (Wildman–Crippen MR) is 137 cm³/mol. The highest BCUT2D eigenvalue weighted by Gasteiger charge is 2.41. The molecule has 3 aromatic carbocycles. The molecule has 1 aliphatic heterocycles. The number of aryl methyl sites for hydroxylation is 1. The number of carbonyl (C=O) groups excluding carboxylic acids is 2. The largest absolute Gasteiger partial charge is 0.484 e. The first kappa shape index (κ1) is 24.0. The number of rotatable bonds is 6. The predicted octanol–water partition coefficient (Wildman–Crippen LogP) is 5.68. The van der Waals surface area contributed by atoms with Gasteiger partial charge in [-0.1, -0.05) is 24.3 Å². The van der Waals surface area contributed by atoms with Crippen LogP contribution in [0.15, 0.2) is 60.7 Å². The fourth-order valence-electron chi connectivity index (χ4n) is 5.13. The minimum atomic E-state index is -0.582. The second-order valence-electron chi connectivity index (χ2n) is 10.4. The number of hydrogen-bond acceptors (Lipinski definition) is 3. The summed E-state index contributed by atoms with van der Waals surface area (Å²) in [6.07, 6.45) is 1.74. The van der Waals surface area contributed by atoms with Gasteiger partial charge >= 0.3 is 0 Å². The van der Waals surface area contributed by atoms with E-state index in [9.17, 15) is 14.0 Å². The Bertz CT molecular complexity index is 1330. The molecule has 2 amide bonds. The van der Waals surface area contributed by atoms with Gasteiger partial charge in [-0.2, -0.15) is 0 Å². The van der Waals surface area contributed by atoms with Gasteiger partial charge in [0.05, 0.1) is 0 Å². The number of halogens is 1. The molecule has 0 radical (unpaired) electrons. The Morgan fingerprint density at radius 1 is 1.00 bits per heavy atom. The minimum Gasteiger partial charge on any atom is -0.484 e. The Kier molecular flexibility index (Phi) is 6.07. The zero-order chi connectivity index (χ0) is 25.6. The normalized spacial score (nSPS) is 18.8. The maximum Gasteiger partial charge on any atom is 0.251 e. The lowest BCUT2D eigenvalue weighted by Gasteiger charge is -2.26. The van der Waals surface area contributed by atoms with Crippen molar-refractivity contribution >= 4 is 11.8 Å². The van der Waals surface area contributed by atoms with E-state index in [0.29, 0.717) is 17.2 Å². The van der Waals surface area contributed by atoms with Crippen molar-refractivity contribution in [1.82, 2.24) is 10.6 Å². The molecule has 3 aromatic rings. The van der Waals surface area contributed by atoms with Crippen LogP contribution in [0.25, 0.3) is 11.1 Å². The van der Waals surface area contributed by atoms with E-state index in [-0.39, 0.29) is 23.2 Å². The third-order valence-corrected chi connectivity index (χ3v) is 7.47. The maximum absolute atomic E-state index is 13.5. The van der Waals surface area contributed by atoms with Crippen LogP contribution >= 0.6 is 0 Å². The zero-order valence-electron chi connectivity index (χ0n) is 21.0. The second-order valence-corrected chi connectivity index (χ2v) is 10.4. The molecule has 5 nitrogen and oxygen atoms in total. The van der Waals surface area contributed by atoms with E-state index in [1.165, 1.54) is 12.1 Å². The van der Waals surface area contributed by atoms with E-state index in [1.807, 2.05) is 43.3 Å². The van der Waals surface area contributed by atoms with Crippen LogP contribution in [0.1, 0.15) is 65.8 Å². The van der Waals surface area contributed by atoms with Gasteiger partial charge in [0.1, 0.15) is 23.6 Å². The summed E-state index contributed by atoms with van der Waals surface area (Å²) in [5.74, 6) is -0.0303. The summed E-state index contributed by atoms with van der Waals surface area (Å²) in [6, 6.07) is 17.6. The second kappa shape index (κ2) is 9.08. The zero-order valence-corrected chi connectivity index (χ0v) is 21.0. The van der Waals surface area contributed by atoms with Crippen molar-refractivity contribution in [1.29, 1.82) is 0 Å². The summed E-state index contributed by atoms with van der Waals surface area (Å²) in [5, 5.41) is 5.94. The van der Waals surface area contributed by atoms with Crippen LogP contribution in [0, 0.1) is 18.7 Å². The SMILES string of the molecule is CNC(=O)C1c2cc(-c3cc(C(=O)NC(C)(C)C4CC4)ccc3C)ccc2OC1c1ccc(F)cc1. The van der Waals surface area contributed by atoms with Crippen molar-refractivity contribution in [3.8, 4) is 16.9 Å². The van der Waals surface area contributed by atoms with Gasteiger partial charge in [0, 0.05) is 23.7 Å². The number of carbonyl (C=O) groups is 2. The Morgan fingerprint density at radius 3 is 2.39 bits per heavy atom. The van der Waals surface area contributed by atoms with Crippen LogP contribution < -0.4 is 15.4 Å². The Labute approximate surface area is 211 Å². The van der Waals surface area contributed by atoms with Crippen molar-refractivity contribution in [2.24, 2.45) is 5.92 Å². The molecule has 0 aromatic heterocycles. The van der Waals surface area contributed by atoms with E-state index in [0.717, 1.165) is 40.7 Å². The third kappa shape index (κ3) is 4.48. The molecule has 1 saturated carbocycles. The molecule has 5 rings (SSSR count). The number of amides is 2. The van der Waals surface area contributed by atoms with Crippen LogP contribution in [0.5, 0.6) is 5.75 Å². The third-order valence-electron chi connectivity index (χ3n) is 7.47. The first-order valence-electron chi connectivity index (χ1n) is 12.4. The molecule has 2 aliphatic rings. The molecule has 36 heavy (non-hydrogen) atoms. The van der Waals surface area contributed by atoms with Crippen molar-refractivity contribution < 1.29 is 18.7 Å². The smallest absolute Gasteiger partial charge is 0.251 e. The highest BCUT2D eigenvalue weighted by atomic mass is 19.1. The van der Waals surface area contributed by atoms with Gasteiger partial charge < -0.3 is 15.4 Å². The number of benzene rings is 3. The average molecular weight is 487 g/mol. The van der Waals surface area contributed by atoms with Crippen LogP contribution in [0.3, 0.4) is 0 Å². The molecular weight excluding hydrogens is 455 g/mol. The summed E-state index contributed by atoms with van der Waals surface area (Å²) in [7, 11) is 1.60. The van der Waals surface area contributed by atoms with E-state index < -0.39 is 12.0 Å². The van der Waals surface area contributed by atoms with E-state index in [1.54, 1.807) is 19.2 Å². The van der Waals surface area contributed by atoms with E-state index in [2.05, 4.69) is 24.5 Å². The van der Waals surface area contributed by atoms with Gasteiger partial charge in [-0.3, -0.25) is 9.59 Å². The van der Waals surface area contributed by atoms with Gasteiger partial charge in [-0.05, 0) is 98.2 Å². The summed E-state index contributed by atoms with van der Waals surface area (Å²) in [5.41, 5.74) is 4.73. The van der Waals surface area contributed by atoms with Gasteiger partial charge in [-0.15, -0.1) is 0 Å². The standard InChI is InChI=1S/C30H31FN2O3/c1-17-5-6-20(28(34)33-30(2,3)21-10-11-21)16-23(17)19-9-14-25-24(15-19)26(29(35)32-4)27(36-25)18-7-12-22(31)13-8-18/h5-9,12-16,21,26-27H,10-11H2,1-4H3,(H,32,35)(H,33,34). The summed E-state index contributed by atoms with van der Waals surface area (Å²) in [6.45, 7) is 6.16. The quantitative estimate of drug-likeness (QED) is 0.471. The fraction of sp³-hybridized carbons (Fsp3) is 0.333. The first-order chi connectivity index (χ1) is 17.2. The van der Waals surface area contributed by atoms with Crippen molar-refractivity contribution in [2.45, 2.75) is 51.2 Å². The highest BCUT2D eigenvalue weighted by molar-refractivity contribution is 5.96. The molecule has 0 spiro atoms. The minimum absolute atomic E-state index is 0.0859. The van der Waals surface area contributed by atoms with Crippen molar-refractivity contribution in [2.75, 3.05) is 7.05 Å². The molecule has 0 bridgehead atoms. The van der Waals surface area contributed by atoms with Gasteiger partial charge in [0.2, 0.25) is 5.91 Å². The Morgan fingerprint density at radius 2 is 1.72 bits per heavy atom. The van der Waals surface area contributed by atoms with Crippen LogP contribution in [-0.2, 0) is 4.79 Å². The monoisotopic (exact) mass is 486 g/mol. The molecule has 1 aliphatic carbocycles. The number of nitrogens with one attached hydrogen (secondary N) is 2. The Balaban J connectivity index is 1.49. The molecule has 0 saturated heterocycles. The lowest BCUT2D eigenvalue weighted by atomic mass is 9.88. The Hall–Kier alpha value is -3.67. The summed E-state index contributed by atoms with van der Waals surface area (Å²) >= 11 is 0. The average Bonchev–Trinajstić information content (AvgIpc) is 3.66. The van der Waals surface area contributed by atoms with E-state index in [4.69, 9.17) is 4.74 Å². The van der Waals surface area contributed by atoms with Crippen LogP contribution in [0.4, 0.5) is 4.39 Å². The highest BCUT2D eigenvalue weighted by Crippen LogP contribution is 2.47.